The van der Waals surface area contributed by atoms with E-state index in [1.807, 2.05) is 24.3 Å². The topological polar surface area (TPSA) is 67.8 Å². The molecule has 1 fully saturated rings. The summed E-state index contributed by atoms with van der Waals surface area (Å²) in [5, 5.41) is 13.8. The van der Waals surface area contributed by atoms with Crippen molar-refractivity contribution in [2.45, 2.75) is 25.0 Å². The molecular weight excluding hydrogens is 318 g/mol. The number of phenolic OH excluding ortho intramolecular Hbond substituents is 1. The van der Waals surface area contributed by atoms with Gasteiger partial charge in [-0.05, 0) is 36.6 Å². The molecule has 0 saturated carbocycles. The first kappa shape index (κ1) is 16.0. The summed E-state index contributed by atoms with van der Waals surface area (Å²) in [6.45, 7) is 0.740. The Morgan fingerprint density at radius 3 is 2.80 bits per heavy atom. The highest BCUT2D eigenvalue weighted by Gasteiger charge is 2.40. The standard InChI is InChI=1S/C20H21NO4/c1-24-20(23)13-9-7-12(8-10-13)17-14-5-3-11-25-19(14)15-4-2-6-16(22)18(15)21-17/h2,4,6-10,14,17,19,21-22H,3,5,11H2,1H3/t14-,17-,19-/m1/s1. The summed E-state index contributed by atoms with van der Waals surface area (Å²) in [7, 11) is 1.38. The molecule has 0 radical (unpaired) electrons. The number of hydrogen-bond acceptors (Lipinski definition) is 5. The molecule has 2 aromatic rings. The number of ether oxygens (including phenoxy) is 2. The highest BCUT2D eigenvalue weighted by Crippen LogP contribution is 2.51. The molecule has 130 valence electrons. The van der Waals surface area contributed by atoms with E-state index in [1.54, 1.807) is 18.2 Å². The lowest BCUT2D eigenvalue weighted by Crippen LogP contribution is -2.36. The van der Waals surface area contributed by atoms with Crippen molar-refractivity contribution < 1.29 is 19.4 Å². The number of esters is 1. The molecule has 2 aliphatic rings. The van der Waals surface area contributed by atoms with Crippen LogP contribution in [-0.2, 0) is 9.47 Å². The fourth-order valence-electron chi connectivity index (χ4n) is 3.96. The zero-order valence-electron chi connectivity index (χ0n) is 14.1. The summed E-state index contributed by atoms with van der Waals surface area (Å²) in [6.07, 6.45) is 2.05. The van der Waals surface area contributed by atoms with Gasteiger partial charge in [-0.3, -0.25) is 0 Å². The molecule has 5 nitrogen and oxygen atoms in total. The Hall–Kier alpha value is -2.53. The molecule has 0 amide bonds. The molecule has 2 aromatic carbocycles. The van der Waals surface area contributed by atoms with Crippen LogP contribution in [0, 0.1) is 5.92 Å². The number of nitrogens with one attached hydrogen (secondary N) is 1. The van der Waals surface area contributed by atoms with Crippen LogP contribution in [0.5, 0.6) is 5.75 Å². The Kier molecular flexibility index (Phi) is 4.09. The van der Waals surface area contributed by atoms with Crippen molar-refractivity contribution in [2.75, 3.05) is 19.0 Å². The van der Waals surface area contributed by atoms with E-state index in [4.69, 9.17) is 9.47 Å². The average Bonchev–Trinajstić information content (AvgIpc) is 2.67. The Balaban J connectivity index is 1.72. The molecule has 0 aliphatic carbocycles. The van der Waals surface area contributed by atoms with Crippen LogP contribution < -0.4 is 5.32 Å². The third-order valence-electron chi connectivity index (χ3n) is 5.17. The number of benzene rings is 2. The van der Waals surface area contributed by atoms with Gasteiger partial charge in [-0.1, -0.05) is 24.3 Å². The first-order chi connectivity index (χ1) is 12.2. The Morgan fingerprint density at radius 1 is 1.24 bits per heavy atom. The SMILES string of the molecule is COC(=O)c1ccc([C@H]2Nc3c(O)cccc3[C@@H]3OCCC[C@H]23)cc1. The monoisotopic (exact) mass is 339 g/mol. The lowest BCUT2D eigenvalue weighted by molar-refractivity contribution is -0.0382. The summed E-state index contributed by atoms with van der Waals surface area (Å²) in [6, 6.07) is 13.0. The number of aromatic hydroxyl groups is 1. The third kappa shape index (κ3) is 2.74. The van der Waals surface area contributed by atoms with Crippen molar-refractivity contribution in [3.8, 4) is 5.75 Å². The van der Waals surface area contributed by atoms with Gasteiger partial charge in [0.2, 0.25) is 0 Å². The molecule has 2 heterocycles. The smallest absolute Gasteiger partial charge is 0.337 e. The number of hydrogen-bond donors (Lipinski definition) is 2. The number of fused-ring (bicyclic) bond motifs is 3. The van der Waals surface area contributed by atoms with Gasteiger partial charge in [0.1, 0.15) is 5.75 Å². The minimum absolute atomic E-state index is 0.0256. The Bertz CT molecular complexity index is 787. The van der Waals surface area contributed by atoms with Crippen molar-refractivity contribution in [3.63, 3.8) is 0 Å². The van der Waals surface area contributed by atoms with Gasteiger partial charge in [-0.2, -0.15) is 0 Å². The predicted molar refractivity (Wildman–Crippen MR) is 93.7 cm³/mol. The molecule has 0 spiro atoms. The average molecular weight is 339 g/mol. The van der Waals surface area contributed by atoms with Crippen LogP contribution in [0.2, 0.25) is 0 Å². The van der Waals surface area contributed by atoms with Crippen LogP contribution >= 0.6 is 0 Å². The molecule has 1 saturated heterocycles. The number of rotatable bonds is 2. The van der Waals surface area contributed by atoms with E-state index in [1.165, 1.54) is 7.11 Å². The number of para-hydroxylation sites is 1. The zero-order valence-corrected chi connectivity index (χ0v) is 14.1. The highest BCUT2D eigenvalue weighted by molar-refractivity contribution is 5.89. The first-order valence-electron chi connectivity index (χ1n) is 8.57. The second-order valence-electron chi connectivity index (χ2n) is 6.57. The maximum Gasteiger partial charge on any atom is 0.337 e. The van der Waals surface area contributed by atoms with Gasteiger partial charge in [0.15, 0.2) is 0 Å². The first-order valence-corrected chi connectivity index (χ1v) is 8.57. The molecule has 2 N–H and O–H groups in total. The molecular formula is C20H21NO4. The van der Waals surface area contributed by atoms with Gasteiger partial charge < -0.3 is 19.9 Å². The maximum atomic E-state index is 11.6. The van der Waals surface area contributed by atoms with Crippen LogP contribution in [0.1, 0.15) is 46.5 Å². The minimum Gasteiger partial charge on any atom is -0.506 e. The summed E-state index contributed by atoms with van der Waals surface area (Å²) in [4.78, 5) is 11.6. The molecule has 0 bridgehead atoms. The Labute approximate surface area is 146 Å². The van der Waals surface area contributed by atoms with Gasteiger partial charge >= 0.3 is 5.97 Å². The van der Waals surface area contributed by atoms with Gasteiger partial charge in [0, 0.05) is 18.1 Å². The number of carbonyl (C=O) groups is 1. The molecule has 0 unspecified atom stereocenters. The quantitative estimate of drug-likeness (QED) is 0.643. The van der Waals surface area contributed by atoms with Crippen molar-refractivity contribution in [1.82, 2.24) is 0 Å². The number of anilines is 1. The van der Waals surface area contributed by atoms with Crippen LogP contribution in [0.4, 0.5) is 5.69 Å². The van der Waals surface area contributed by atoms with Gasteiger partial charge in [-0.25, -0.2) is 4.79 Å². The normalized spacial score (nSPS) is 24.6. The molecule has 4 rings (SSSR count). The van der Waals surface area contributed by atoms with Crippen molar-refractivity contribution >= 4 is 11.7 Å². The molecule has 5 heteroatoms. The largest absolute Gasteiger partial charge is 0.506 e. The van der Waals surface area contributed by atoms with Gasteiger partial charge in [0.05, 0.1) is 30.5 Å². The van der Waals surface area contributed by atoms with Crippen molar-refractivity contribution in [3.05, 3.63) is 59.2 Å². The van der Waals surface area contributed by atoms with E-state index in [9.17, 15) is 9.90 Å². The maximum absolute atomic E-state index is 11.6. The van der Waals surface area contributed by atoms with Gasteiger partial charge in [-0.15, -0.1) is 0 Å². The fourth-order valence-corrected chi connectivity index (χ4v) is 3.96. The van der Waals surface area contributed by atoms with E-state index in [-0.39, 0.29) is 29.8 Å². The molecule has 0 aromatic heterocycles. The predicted octanol–water partition coefficient (Wildman–Crippen LogP) is 3.81. The van der Waals surface area contributed by atoms with Crippen LogP contribution in [0.3, 0.4) is 0 Å². The number of methoxy groups -OCH3 is 1. The van der Waals surface area contributed by atoms with E-state index >= 15 is 0 Å². The van der Waals surface area contributed by atoms with Crippen LogP contribution in [0.15, 0.2) is 42.5 Å². The van der Waals surface area contributed by atoms with E-state index < -0.39 is 0 Å². The second kappa shape index (κ2) is 6.41. The highest BCUT2D eigenvalue weighted by atomic mass is 16.5. The van der Waals surface area contributed by atoms with Crippen molar-refractivity contribution in [1.29, 1.82) is 0 Å². The van der Waals surface area contributed by atoms with Crippen LogP contribution in [-0.4, -0.2) is 24.8 Å². The van der Waals surface area contributed by atoms with E-state index in [0.717, 1.165) is 36.3 Å². The Morgan fingerprint density at radius 2 is 2.04 bits per heavy atom. The number of phenols is 1. The zero-order chi connectivity index (χ0) is 17.4. The molecule has 25 heavy (non-hydrogen) atoms. The minimum atomic E-state index is -0.343. The third-order valence-corrected chi connectivity index (χ3v) is 5.17. The lowest BCUT2D eigenvalue weighted by Gasteiger charge is -2.43. The fraction of sp³-hybridized carbons (Fsp3) is 0.350. The summed E-state index contributed by atoms with van der Waals surface area (Å²) in [5.41, 5.74) is 3.36. The summed E-state index contributed by atoms with van der Waals surface area (Å²) < 4.78 is 10.8. The van der Waals surface area contributed by atoms with Crippen LogP contribution in [0.25, 0.3) is 0 Å². The molecule has 2 aliphatic heterocycles. The lowest BCUT2D eigenvalue weighted by atomic mass is 9.77. The van der Waals surface area contributed by atoms with E-state index in [0.29, 0.717) is 5.56 Å². The molecule has 3 atom stereocenters. The second-order valence-corrected chi connectivity index (χ2v) is 6.57. The summed E-state index contributed by atoms with van der Waals surface area (Å²) >= 11 is 0. The number of carbonyl (C=O) groups excluding carboxylic acids is 1. The summed E-state index contributed by atoms with van der Waals surface area (Å²) in [5.74, 6) is 0.179. The van der Waals surface area contributed by atoms with Crippen molar-refractivity contribution in [2.24, 2.45) is 5.92 Å². The van der Waals surface area contributed by atoms with Gasteiger partial charge in [0.25, 0.3) is 0 Å². The van der Waals surface area contributed by atoms with E-state index in [2.05, 4.69) is 5.32 Å².